The molecule has 0 aliphatic heterocycles. The van der Waals surface area contributed by atoms with Crippen molar-refractivity contribution < 1.29 is 0 Å². The van der Waals surface area contributed by atoms with E-state index in [0.29, 0.717) is 0 Å². The van der Waals surface area contributed by atoms with Crippen LogP contribution in [0.5, 0.6) is 0 Å². The molecule has 4 aromatic carbocycles. The maximum Gasteiger partial charge on any atom is 0.0973 e. The molecular formula is C36H22N4. The van der Waals surface area contributed by atoms with Crippen LogP contribution in [0.15, 0.2) is 133 Å². The highest BCUT2D eigenvalue weighted by atomic mass is 14.8. The number of fused-ring (bicyclic) bond motifs is 5. The van der Waals surface area contributed by atoms with Gasteiger partial charge in [-0.15, -0.1) is 0 Å². The molecule has 0 aliphatic rings. The second-order valence-electron chi connectivity index (χ2n) is 9.96. The Hall–Kier alpha value is -5.48. The first kappa shape index (κ1) is 22.5. The summed E-state index contributed by atoms with van der Waals surface area (Å²) in [6.07, 6.45) is 0. The van der Waals surface area contributed by atoms with Gasteiger partial charge in [-0.2, -0.15) is 0 Å². The molecule has 0 aliphatic carbocycles. The van der Waals surface area contributed by atoms with Crippen molar-refractivity contribution in [2.45, 2.75) is 0 Å². The van der Waals surface area contributed by atoms with Crippen molar-refractivity contribution >= 4 is 43.5 Å². The zero-order valence-electron chi connectivity index (χ0n) is 21.5. The van der Waals surface area contributed by atoms with Crippen molar-refractivity contribution in [1.82, 2.24) is 19.9 Å². The Morgan fingerprint density at radius 1 is 0.300 bits per heavy atom. The van der Waals surface area contributed by atoms with Crippen LogP contribution in [0.4, 0.5) is 0 Å². The molecule has 0 radical (unpaired) electrons. The molecule has 4 heteroatoms. The molecule has 0 bridgehead atoms. The van der Waals surface area contributed by atoms with E-state index in [1.807, 2.05) is 48.5 Å². The number of hydrogen-bond acceptors (Lipinski definition) is 4. The molecule has 8 rings (SSSR count). The molecule has 4 aromatic heterocycles. The van der Waals surface area contributed by atoms with Crippen molar-refractivity contribution in [2.24, 2.45) is 0 Å². The average Bonchev–Trinajstić information content (AvgIpc) is 3.03. The van der Waals surface area contributed by atoms with Crippen LogP contribution in [0.2, 0.25) is 0 Å². The average molecular weight is 511 g/mol. The smallest absolute Gasteiger partial charge is 0.0973 e. The second kappa shape index (κ2) is 9.07. The number of rotatable bonds is 3. The van der Waals surface area contributed by atoms with E-state index in [-0.39, 0.29) is 0 Å². The van der Waals surface area contributed by atoms with E-state index in [0.717, 1.165) is 66.7 Å². The van der Waals surface area contributed by atoms with Gasteiger partial charge in [0.05, 0.1) is 45.0 Å². The third-order valence-corrected chi connectivity index (χ3v) is 7.42. The van der Waals surface area contributed by atoms with E-state index in [9.17, 15) is 0 Å². The SMILES string of the molecule is c1ccc(-c2ccc3ccc4ccc(-c5cccc(-c6ccc7cc8ccccc8cc7n6)n5)nc4c3n2)cc1. The monoisotopic (exact) mass is 510 g/mol. The second-order valence-corrected chi connectivity index (χ2v) is 9.96. The van der Waals surface area contributed by atoms with Crippen molar-refractivity contribution in [1.29, 1.82) is 0 Å². The highest BCUT2D eigenvalue weighted by Crippen LogP contribution is 2.30. The van der Waals surface area contributed by atoms with Crippen LogP contribution in [0.1, 0.15) is 0 Å². The first-order valence-corrected chi connectivity index (χ1v) is 13.3. The van der Waals surface area contributed by atoms with Crippen molar-refractivity contribution in [3.05, 3.63) is 133 Å². The van der Waals surface area contributed by atoms with Gasteiger partial charge in [0.2, 0.25) is 0 Å². The summed E-state index contributed by atoms with van der Waals surface area (Å²) >= 11 is 0. The summed E-state index contributed by atoms with van der Waals surface area (Å²) in [5, 5.41) is 5.62. The number of pyridine rings is 4. The molecule has 40 heavy (non-hydrogen) atoms. The lowest BCUT2D eigenvalue weighted by Gasteiger charge is -2.09. The third kappa shape index (κ3) is 3.86. The van der Waals surface area contributed by atoms with Gasteiger partial charge >= 0.3 is 0 Å². The lowest BCUT2D eigenvalue weighted by atomic mass is 10.1. The normalized spacial score (nSPS) is 11.5. The van der Waals surface area contributed by atoms with Crippen molar-refractivity contribution in [3.63, 3.8) is 0 Å². The van der Waals surface area contributed by atoms with Gasteiger partial charge < -0.3 is 0 Å². The summed E-state index contributed by atoms with van der Waals surface area (Å²) in [5.41, 5.74) is 8.00. The van der Waals surface area contributed by atoms with E-state index in [4.69, 9.17) is 19.9 Å². The largest absolute Gasteiger partial charge is 0.246 e. The molecule has 0 unspecified atom stereocenters. The predicted octanol–water partition coefficient (Wildman–Crippen LogP) is 8.88. The van der Waals surface area contributed by atoms with E-state index in [2.05, 4.69) is 84.9 Å². The first-order chi connectivity index (χ1) is 19.8. The van der Waals surface area contributed by atoms with Crippen molar-refractivity contribution in [2.75, 3.05) is 0 Å². The van der Waals surface area contributed by atoms with Gasteiger partial charge in [-0.25, -0.2) is 19.9 Å². The van der Waals surface area contributed by atoms with Crippen LogP contribution in [-0.2, 0) is 0 Å². The van der Waals surface area contributed by atoms with Crippen LogP contribution in [0, 0.1) is 0 Å². The Labute approximate surface area is 230 Å². The molecule has 4 nitrogen and oxygen atoms in total. The number of benzene rings is 4. The Morgan fingerprint density at radius 2 is 0.825 bits per heavy atom. The van der Waals surface area contributed by atoms with E-state index >= 15 is 0 Å². The van der Waals surface area contributed by atoms with Crippen LogP contribution in [0.3, 0.4) is 0 Å². The first-order valence-electron chi connectivity index (χ1n) is 13.3. The maximum atomic E-state index is 5.08. The van der Waals surface area contributed by atoms with Crippen LogP contribution in [0.25, 0.3) is 77.5 Å². The summed E-state index contributed by atoms with van der Waals surface area (Å²) in [5.74, 6) is 0. The van der Waals surface area contributed by atoms with Gasteiger partial charge in [0, 0.05) is 21.7 Å². The molecule has 4 heterocycles. The van der Waals surface area contributed by atoms with Crippen LogP contribution >= 0.6 is 0 Å². The quantitative estimate of drug-likeness (QED) is 0.176. The lowest BCUT2D eigenvalue weighted by molar-refractivity contribution is 1.25. The Morgan fingerprint density at radius 3 is 1.55 bits per heavy atom. The fraction of sp³-hybridized carbons (Fsp3) is 0. The Bertz CT molecular complexity index is 2220. The maximum absolute atomic E-state index is 5.08. The van der Waals surface area contributed by atoms with E-state index in [1.54, 1.807) is 0 Å². The Kier molecular flexibility index (Phi) is 5.10. The van der Waals surface area contributed by atoms with Gasteiger partial charge in [0.15, 0.2) is 0 Å². The number of nitrogens with zero attached hydrogens (tertiary/aromatic N) is 4. The molecule has 186 valence electrons. The Balaban J connectivity index is 1.23. The standard InChI is InChI=1S/C36H22N4/c1-2-7-23(8-3-1)29-18-15-24-13-14-25-16-19-33(40-36(25)35(24)39-29)31-12-6-11-30(37-31)32-20-17-28-21-26-9-4-5-10-27(26)22-34(28)38-32/h1-22H. The molecule has 0 spiro atoms. The van der Waals surface area contributed by atoms with E-state index in [1.165, 1.54) is 10.8 Å². The zero-order valence-corrected chi connectivity index (χ0v) is 21.5. The molecule has 0 saturated carbocycles. The minimum atomic E-state index is 0.802. The predicted molar refractivity (Wildman–Crippen MR) is 164 cm³/mol. The summed E-state index contributed by atoms with van der Waals surface area (Å²) in [4.78, 5) is 20.1. The number of aromatic nitrogens is 4. The third-order valence-electron chi connectivity index (χ3n) is 7.42. The van der Waals surface area contributed by atoms with Crippen LogP contribution < -0.4 is 0 Å². The molecule has 0 atom stereocenters. The minimum Gasteiger partial charge on any atom is -0.246 e. The topological polar surface area (TPSA) is 51.6 Å². The summed E-state index contributed by atoms with van der Waals surface area (Å²) in [7, 11) is 0. The zero-order chi connectivity index (χ0) is 26.5. The van der Waals surface area contributed by atoms with Gasteiger partial charge in [0.25, 0.3) is 0 Å². The molecular weight excluding hydrogens is 488 g/mol. The molecule has 0 amide bonds. The van der Waals surface area contributed by atoms with Gasteiger partial charge in [-0.1, -0.05) is 91.0 Å². The van der Waals surface area contributed by atoms with Crippen LogP contribution in [-0.4, -0.2) is 19.9 Å². The lowest BCUT2D eigenvalue weighted by Crippen LogP contribution is -1.94. The van der Waals surface area contributed by atoms with Gasteiger partial charge in [0.1, 0.15) is 0 Å². The molecule has 0 fully saturated rings. The summed E-state index contributed by atoms with van der Waals surface area (Å²) in [6.45, 7) is 0. The van der Waals surface area contributed by atoms with Crippen molar-refractivity contribution in [3.8, 4) is 34.0 Å². The molecule has 8 aromatic rings. The fourth-order valence-electron chi connectivity index (χ4n) is 5.35. The molecule has 0 N–H and O–H groups in total. The van der Waals surface area contributed by atoms with Gasteiger partial charge in [-0.3, -0.25) is 0 Å². The molecule has 0 saturated heterocycles. The number of hydrogen-bond donors (Lipinski definition) is 0. The van der Waals surface area contributed by atoms with E-state index < -0.39 is 0 Å². The summed E-state index contributed by atoms with van der Waals surface area (Å²) < 4.78 is 0. The minimum absolute atomic E-state index is 0.802. The highest BCUT2D eigenvalue weighted by Gasteiger charge is 2.11. The summed E-state index contributed by atoms with van der Waals surface area (Å²) in [6, 6.07) is 45.6. The van der Waals surface area contributed by atoms with Gasteiger partial charge in [-0.05, 0) is 53.2 Å². The fourth-order valence-corrected chi connectivity index (χ4v) is 5.35. The highest BCUT2D eigenvalue weighted by molar-refractivity contribution is 6.04.